The molecule has 0 fully saturated rings. The fraction of sp³-hybridized carbons (Fsp3) is 0.214. The third kappa shape index (κ3) is 2.32. The average molecular weight is 341 g/mol. The molecule has 0 aliphatic carbocycles. The maximum absolute atomic E-state index is 13.1. The lowest BCUT2D eigenvalue weighted by molar-refractivity contribution is 0.0853. The largest absolute Gasteiger partial charge is 0.484 e. The number of ether oxygens (including phenoxy) is 1. The molecule has 0 spiro atoms. The number of benzene rings is 1. The molecule has 1 aliphatic heterocycles. The fourth-order valence-corrected chi connectivity index (χ4v) is 3.69. The summed E-state index contributed by atoms with van der Waals surface area (Å²) in [6.45, 7) is 2.01. The third-order valence-electron chi connectivity index (χ3n) is 3.08. The van der Waals surface area contributed by atoms with Gasteiger partial charge in [-0.1, -0.05) is 0 Å². The van der Waals surface area contributed by atoms with Crippen molar-refractivity contribution in [3.8, 4) is 5.75 Å². The summed E-state index contributed by atoms with van der Waals surface area (Å²) in [5.41, 5.74) is 0.337. The van der Waals surface area contributed by atoms with Crippen LogP contribution < -0.4 is 4.74 Å². The van der Waals surface area contributed by atoms with Gasteiger partial charge in [0, 0.05) is 14.2 Å². The molecule has 98 valence electrons. The molecule has 1 atom stereocenters. The molecule has 5 heteroatoms. The maximum atomic E-state index is 13.1. The van der Waals surface area contributed by atoms with E-state index in [1.165, 1.54) is 18.2 Å². The van der Waals surface area contributed by atoms with E-state index in [4.69, 9.17) is 4.74 Å². The molecule has 1 aliphatic rings. The van der Waals surface area contributed by atoms with E-state index in [0.29, 0.717) is 11.3 Å². The molecule has 19 heavy (non-hydrogen) atoms. The quantitative estimate of drug-likeness (QED) is 0.754. The number of halogens is 2. The van der Waals surface area contributed by atoms with E-state index in [1.807, 2.05) is 13.0 Å². The van der Waals surface area contributed by atoms with Gasteiger partial charge in [0.25, 0.3) is 0 Å². The summed E-state index contributed by atoms with van der Waals surface area (Å²) in [6, 6.07) is 6.05. The van der Waals surface area contributed by atoms with Gasteiger partial charge in [-0.25, -0.2) is 4.39 Å². The van der Waals surface area contributed by atoms with Crippen molar-refractivity contribution in [2.24, 2.45) is 0 Å². The Morgan fingerprint density at radius 2 is 2.21 bits per heavy atom. The predicted molar refractivity (Wildman–Crippen MR) is 75.5 cm³/mol. The molecule has 1 aromatic heterocycles. The van der Waals surface area contributed by atoms with Gasteiger partial charge in [0.05, 0.1) is 12.0 Å². The van der Waals surface area contributed by atoms with Crippen LogP contribution in [0.15, 0.2) is 28.7 Å². The van der Waals surface area contributed by atoms with Gasteiger partial charge in [-0.05, 0) is 47.1 Å². The van der Waals surface area contributed by atoms with E-state index < -0.39 is 5.82 Å². The van der Waals surface area contributed by atoms with E-state index >= 15 is 0 Å². The van der Waals surface area contributed by atoms with Crippen molar-refractivity contribution in [3.05, 3.63) is 49.9 Å². The Kier molecular flexibility index (Phi) is 3.19. The van der Waals surface area contributed by atoms with Gasteiger partial charge < -0.3 is 4.74 Å². The molecule has 0 saturated carbocycles. The van der Waals surface area contributed by atoms with Gasteiger partial charge in [-0.15, -0.1) is 11.3 Å². The number of rotatable bonds is 1. The second kappa shape index (κ2) is 4.72. The molecule has 0 bridgehead atoms. The lowest BCUT2D eigenvalue weighted by Gasteiger charge is -2.24. The number of Topliss-reactive ketones (excluding diaryl/α,β-unsaturated/α-hetero) is 1. The lowest BCUT2D eigenvalue weighted by Crippen LogP contribution is -2.19. The van der Waals surface area contributed by atoms with Gasteiger partial charge in [0.1, 0.15) is 17.7 Å². The molecule has 0 amide bonds. The van der Waals surface area contributed by atoms with Crippen molar-refractivity contribution >= 4 is 33.0 Å². The molecule has 0 saturated heterocycles. The SMILES string of the molecule is Cc1sc(C2CC(=O)c3cc(F)ccc3O2)cc1Br. The van der Waals surface area contributed by atoms with E-state index in [2.05, 4.69) is 15.9 Å². The number of fused-ring (bicyclic) bond motifs is 1. The van der Waals surface area contributed by atoms with Gasteiger partial charge in [0.15, 0.2) is 5.78 Å². The number of aryl methyl sites for hydroxylation is 1. The molecular weight excluding hydrogens is 331 g/mol. The first kappa shape index (κ1) is 12.8. The summed E-state index contributed by atoms with van der Waals surface area (Å²) in [6.07, 6.45) is -0.0245. The zero-order valence-electron chi connectivity index (χ0n) is 10.1. The lowest BCUT2D eigenvalue weighted by atomic mass is 10.00. The normalized spacial score (nSPS) is 18.1. The minimum atomic E-state index is -0.413. The number of hydrogen-bond acceptors (Lipinski definition) is 3. The molecule has 1 unspecified atom stereocenters. The molecule has 2 heterocycles. The van der Waals surface area contributed by atoms with Crippen molar-refractivity contribution in [3.63, 3.8) is 0 Å². The summed E-state index contributed by atoms with van der Waals surface area (Å²) in [4.78, 5) is 14.2. The van der Waals surface area contributed by atoms with Crippen LogP contribution in [0.4, 0.5) is 4.39 Å². The van der Waals surface area contributed by atoms with Crippen LogP contribution in [0.25, 0.3) is 0 Å². The monoisotopic (exact) mass is 340 g/mol. The maximum Gasteiger partial charge on any atom is 0.170 e. The number of ketones is 1. The Labute approximate surface area is 122 Å². The van der Waals surface area contributed by atoms with E-state index in [9.17, 15) is 9.18 Å². The van der Waals surface area contributed by atoms with Crippen LogP contribution >= 0.6 is 27.3 Å². The van der Waals surface area contributed by atoms with Crippen molar-refractivity contribution in [1.29, 1.82) is 0 Å². The molecule has 3 rings (SSSR count). The molecule has 2 nitrogen and oxygen atoms in total. The van der Waals surface area contributed by atoms with Gasteiger partial charge in [-0.3, -0.25) is 4.79 Å². The summed E-state index contributed by atoms with van der Waals surface area (Å²) in [7, 11) is 0. The van der Waals surface area contributed by atoms with Crippen LogP contribution in [0.3, 0.4) is 0 Å². The van der Waals surface area contributed by atoms with Crippen LogP contribution in [0, 0.1) is 12.7 Å². The van der Waals surface area contributed by atoms with E-state index in [0.717, 1.165) is 14.2 Å². The standard InChI is InChI=1S/C14H10BrFO2S/c1-7-10(15)5-14(19-7)13-6-11(17)9-4-8(16)2-3-12(9)18-13/h2-5,13H,6H2,1H3. The van der Waals surface area contributed by atoms with Crippen molar-refractivity contribution < 1.29 is 13.9 Å². The first-order valence-corrected chi connectivity index (χ1v) is 7.41. The van der Waals surface area contributed by atoms with Gasteiger partial charge in [0.2, 0.25) is 0 Å². The third-order valence-corrected chi connectivity index (χ3v) is 5.30. The number of carbonyl (C=O) groups excluding carboxylic acids is 1. The Bertz CT molecular complexity index is 646. The highest BCUT2D eigenvalue weighted by molar-refractivity contribution is 9.10. The molecule has 2 aromatic rings. The highest BCUT2D eigenvalue weighted by atomic mass is 79.9. The van der Waals surface area contributed by atoms with Crippen LogP contribution in [-0.4, -0.2) is 5.78 Å². The Morgan fingerprint density at radius 3 is 2.89 bits per heavy atom. The number of carbonyl (C=O) groups is 1. The van der Waals surface area contributed by atoms with E-state index in [-0.39, 0.29) is 18.3 Å². The second-order valence-electron chi connectivity index (χ2n) is 4.43. The Morgan fingerprint density at radius 1 is 1.42 bits per heavy atom. The van der Waals surface area contributed by atoms with Crippen molar-refractivity contribution in [1.82, 2.24) is 0 Å². The zero-order valence-corrected chi connectivity index (χ0v) is 12.5. The van der Waals surface area contributed by atoms with Crippen LogP contribution in [0.1, 0.15) is 32.6 Å². The summed E-state index contributed by atoms with van der Waals surface area (Å²) in [5.74, 6) is -0.0263. The van der Waals surface area contributed by atoms with E-state index in [1.54, 1.807) is 11.3 Å². The molecule has 0 radical (unpaired) electrons. The zero-order chi connectivity index (χ0) is 13.6. The Balaban J connectivity index is 1.97. The average Bonchev–Trinajstić information content (AvgIpc) is 2.70. The van der Waals surface area contributed by atoms with Gasteiger partial charge in [-0.2, -0.15) is 0 Å². The van der Waals surface area contributed by atoms with Crippen molar-refractivity contribution in [2.45, 2.75) is 19.4 Å². The number of thiophene rings is 1. The molecule has 0 N–H and O–H groups in total. The highest BCUT2D eigenvalue weighted by Crippen LogP contribution is 2.39. The summed E-state index contributed by atoms with van der Waals surface area (Å²) in [5, 5.41) is 0. The smallest absolute Gasteiger partial charge is 0.170 e. The fourth-order valence-electron chi connectivity index (χ4n) is 2.10. The minimum absolute atomic E-state index is 0.0760. The molecular formula is C14H10BrFO2S. The van der Waals surface area contributed by atoms with Crippen molar-refractivity contribution in [2.75, 3.05) is 0 Å². The first-order chi connectivity index (χ1) is 9.04. The summed E-state index contributed by atoms with van der Waals surface area (Å²) < 4.78 is 20.0. The molecule has 1 aromatic carbocycles. The predicted octanol–water partition coefficient (Wildman–Crippen LogP) is 4.66. The van der Waals surface area contributed by atoms with Gasteiger partial charge >= 0.3 is 0 Å². The van der Waals surface area contributed by atoms with Crippen LogP contribution in [0.5, 0.6) is 5.75 Å². The second-order valence-corrected chi connectivity index (χ2v) is 6.57. The minimum Gasteiger partial charge on any atom is -0.484 e. The summed E-state index contributed by atoms with van der Waals surface area (Å²) >= 11 is 5.06. The number of hydrogen-bond donors (Lipinski definition) is 0. The topological polar surface area (TPSA) is 26.3 Å². The Hall–Kier alpha value is -1.20. The van der Waals surface area contributed by atoms with Crippen LogP contribution in [0.2, 0.25) is 0 Å². The highest BCUT2D eigenvalue weighted by Gasteiger charge is 2.29. The first-order valence-electron chi connectivity index (χ1n) is 5.80. The van der Waals surface area contributed by atoms with Crippen LogP contribution in [-0.2, 0) is 0 Å².